The monoisotopic (exact) mass is 366 g/mol. The summed E-state index contributed by atoms with van der Waals surface area (Å²) in [5.74, 6) is 1.65. The van der Waals surface area contributed by atoms with Gasteiger partial charge in [-0.1, -0.05) is 42.5 Å². The van der Waals surface area contributed by atoms with E-state index in [1.807, 2.05) is 31.2 Å². The average Bonchev–Trinajstić information content (AvgIpc) is 2.73. The Morgan fingerprint density at radius 2 is 1.74 bits per heavy atom. The van der Waals surface area contributed by atoms with E-state index in [1.54, 1.807) is 7.11 Å². The van der Waals surface area contributed by atoms with Crippen LogP contribution in [0.2, 0.25) is 0 Å². The van der Waals surface area contributed by atoms with Crippen molar-refractivity contribution < 1.29 is 9.53 Å². The van der Waals surface area contributed by atoms with Gasteiger partial charge in [0.1, 0.15) is 5.75 Å². The molecular formula is C23H30N2O2. The van der Waals surface area contributed by atoms with E-state index in [0.29, 0.717) is 6.54 Å². The molecule has 0 unspecified atom stereocenters. The van der Waals surface area contributed by atoms with Crippen molar-refractivity contribution in [1.82, 2.24) is 10.2 Å². The van der Waals surface area contributed by atoms with Crippen LogP contribution in [-0.2, 0) is 17.8 Å². The van der Waals surface area contributed by atoms with Crippen molar-refractivity contribution >= 4 is 5.91 Å². The van der Waals surface area contributed by atoms with E-state index in [0.717, 1.165) is 49.6 Å². The van der Waals surface area contributed by atoms with Crippen LogP contribution in [0.1, 0.15) is 30.9 Å². The minimum absolute atomic E-state index is 0.0825. The lowest BCUT2D eigenvalue weighted by atomic mass is 9.89. The maximum absolute atomic E-state index is 12.5. The van der Waals surface area contributed by atoms with Gasteiger partial charge in [-0.3, -0.25) is 9.69 Å². The van der Waals surface area contributed by atoms with E-state index < -0.39 is 0 Å². The van der Waals surface area contributed by atoms with Gasteiger partial charge in [0.25, 0.3) is 0 Å². The van der Waals surface area contributed by atoms with Gasteiger partial charge in [-0.2, -0.15) is 0 Å². The Hall–Kier alpha value is -2.33. The first-order valence-corrected chi connectivity index (χ1v) is 9.84. The Morgan fingerprint density at radius 1 is 1.07 bits per heavy atom. The highest BCUT2D eigenvalue weighted by molar-refractivity contribution is 5.81. The quantitative estimate of drug-likeness (QED) is 0.813. The highest BCUT2D eigenvalue weighted by atomic mass is 16.5. The van der Waals surface area contributed by atoms with Gasteiger partial charge in [-0.05, 0) is 68.5 Å². The molecule has 2 aromatic carbocycles. The molecule has 3 rings (SSSR count). The standard InChI is InChI=1S/C23H30N2O2/c1-18(23(26)24-17-21-8-10-22(27-2)11-9-21)25-14-12-20(13-15-25)16-19-6-4-3-5-7-19/h3-11,18,20H,12-17H2,1-2H3,(H,24,26)/t18-/m0/s1. The van der Waals surface area contributed by atoms with E-state index in [-0.39, 0.29) is 11.9 Å². The van der Waals surface area contributed by atoms with Crippen molar-refractivity contribution in [3.05, 3.63) is 65.7 Å². The molecule has 1 N–H and O–H groups in total. The minimum atomic E-state index is -0.0825. The molecule has 0 bridgehead atoms. The molecule has 1 aliphatic heterocycles. The van der Waals surface area contributed by atoms with Crippen molar-refractivity contribution in [2.45, 2.75) is 38.8 Å². The van der Waals surface area contributed by atoms with E-state index in [1.165, 1.54) is 5.56 Å². The largest absolute Gasteiger partial charge is 0.497 e. The number of carbonyl (C=O) groups excluding carboxylic acids is 1. The van der Waals surface area contributed by atoms with Crippen LogP contribution < -0.4 is 10.1 Å². The second-order valence-electron chi connectivity index (χ2n) is 7.41. The molecule has 0 aromatic heterocycles. The number of nitrogens with zero attached hydrogens (tertiary/aromatic N) is 1. The summed E-state index contributed by atoms with van der Waals surface area (Å²) in [7, 11) is 1.65. The van der Waals surface area contributed by atoms with Gasteiger partial charge >= 0.3 is 0 Å². The van der Waals surface area contributed by atoms with E-state index in [4.69, 9.17) is 4.74 Å². The zero-order chi connectivity index (χ0) is 19.1. The number of likely N-dealkylation sites (tertiary alicyclic amines) is 1. The Bertz CT molecular complexity index is 707. The van der Waals surface area contributed by atoms with Crippen molar-refractivity contribution in [2.75, 3.05) is 20.2 Å². The Labute approximate surface area is 162 Å². The molecule has 144 valence electrons. The minimum Gasteiger partial charge on any atom is -0.497 e. The highest BCUT2D eigenvalue weighted by Crippen LogP contribution is 2.23. The number of ether oxygens (including phenoxy) is 1. The lowest BCUT2D eigenvalue weighted by molar-refractivity contribution is -0.126. The van der Waals surface area contributed by atoms with Gasteiger partial charge < -0.3 is 10.1 Å². The number of methoxy groups -OCH3 is 1. The smallest absolute Gasteiger partial charge is 0.237 e. The molecule has 1 saturated heterocycles. The number of nitrogens with one attached hydrogen (secondary N) is 1. The summed E-state index contributed by atoms with van der Waals surface area (Å²) < 4.78 is 5.16. The third-order valence-electron chi connectivity index (χ3n) is 5.57. The first kappa shape index (κ1) is 19.4. The molecule has 27 heavy (non-hydrogen) atoms. The predicted octanol–water partition coefficient (Wildman–Crippen LogP) is 3.65. The number of hydrogen-bond donors (Lipinski definition) is 1. The summed E-state index contributed by atoms with van der Waals surface area (Å²) in [6.45, 7) is 4.56. The summed E-state index contributed by atoms with van der Waals surface area (Å²) in [6, 6.07) is 18.4. The average molecular weight is 367 g/mol. The Morgan fingerprint density at radius 3 is 2.37 bits per heavy atom. The molecule has 0 radical (unpaired) electrons. The van der Waals surface area contributed by atoms with Crippen LogP contribution in [0.5, 0.6) is 5.75 Å². The number of amides is 1. The summed E-state index contributed by atoms with van der Waals surface area (Å²) in [6.07, 6.45) is 3.46. The van der Waals surface area contributed by atoms with Gasteiger partial charge in [-0.25, -0.2) is 0 Å². The van der Waals surface area contributed by atoms with Gasteiger partial charge in [0.2, 0.25) is 5.91 Å². The van der Waals surface area contributed by atoms with Crippen LogP contribution in [-0.4, -0.2) is 37.0 Å². The fourth-order valence-electron chi connectivity index (χ4n) is 3.74. The number of piperidine rings is 1. The normalized spacial score (nSPS) is 16.7. The molecule has 0 aliphatic carbocycles. The van der Waals surface area contributed by atoms with E-state index in [2.05, 4.69) is 40.5 Å². The van der Waals surface area contributed by atoms with Crippen molar-refractivity contribution in [3.8, 4) is 5.75 Å². The fourth-order valence-corrected chi connectivity index (χ4v) is 3.74. The number of carbonyl (C=O) groups is 1. The van der Waals surface area contributed by atoms with Crippen LogP contribution >= 0.6 is 0 Å². The maximum atomic E-state index is 12.5. The van der Waals surface area contributed by atoms with Gasteiger partial charge in [0.05, 0.1) is 13.2 Å². The van der Waals surface area contributed by atoms with Gasteiger partial charge in [0, 0.05) is 6.54 Å². The zero-order valence-electron chi connectivity index (χ0n) is 16.4. The second-order valence-corrected chi connectivity index (χ2v) is 7.41. The molecular weight excluding hydrogens is 336 g/mol. The molecule has 0 spiro atoms. The number of rotatable bonds is 7. The van der Waals surface area contributed by atoms with Gasteiger partial charge in [0.15, 0.2) is 0 Å². The molecule has 4 heteroatoms. The summed E-state index contributed by atoms with van der Waals surface area (Å²) in [5, 5.41) is 3.06. The zero-order valence-corrected chi connectivity index (χ0v) is 16.4. The lowest BCUT2D eigenvalue weighted by Gasteiger charge is -2.35. The third kappa shape index (κ3) is 5.57. The number of benzene rings is 2. The fraction of sp³-hybridized carbons (Fsp3) is 0.435. The molecule has 4 nitrogen and oxygen atoms in total. The summed E-state index contributed by atoms with van der Waals surface area (Å²) >= 11 is 0. The second kappa shape index (κ2) is 9.56. The maximum Gasteiger partial charge on any atom is 0.237 e. The third-order valence-corrected chi connectivity index (χ3v) is 5.57. The first-order chi connectivity index (χ1) is 13.2. The SMILES string of the molecule is COc1ccc(CNC(=O)[C@H](C)N2CCC(Cc3ccccc3)CC2)cc1. The number of hydrogen-bond acceptors (Lipinski definition) is 3. The molecule has 1 atom stereocenters. The summed E-state index contributed by atoms with van der Waals surface area (Å²) in [4.78, 5) is 14.8. The molecule has 2 aromatic rings. The van der Waals surface area contributed by atoms with Crippen LogP contribution in [0.15, 0.2) is 54.6 Å². The predicted molar refractivity (Wildman–Crippen MR) is 109 cm³/mol. The first-order valence-electron chi connectivity index (χ1n) is 9.84. The van der Waals surface area contributed by atoms with Crippen molar-refractivity contribution in [2.24, 2.45) is 5.92 Å². The van der Waals surface area contributed by atoms with E-state index in [9.17, 15) is 4.79 Å². The van der Waals surface area contributed by atoms with Gasteiger partial charge in [-0.15, -0.1) is 0 Å². The van der Waals surface area contributed by atoms with Crippen LogP contribution in [0.3, 0.4) is 0 Å². The van der Waals surface area contributed by atoms with Crippen molar-refractivity contribution in [1.29, 1.82) is 0 Å². The van der Waals surface area contributed by atoms with Crippen LogP contribution in [0.4, 0.5) is 0 Å². The topological polar surface area (TPSA) is 41.6 Å². The lowest BCUT2D eigenvalue weighted by Crippen LogP contribution is -2.48. The summed E-state index contributed by atoms with van der Waals surface area (Å²) in [5.41, 5.74) is 2.50. The van der Waals surface area contributed by atoms with E-state index >= 15 is 0 Å². The molecule has 1 heterocycles. The molecule has 1 aliphatic rings. The van der Waals surface area contributed by atoms with Crippen molar-refractivity contribution in [3.63, 3.8) is 0 Å². The molecule has 1 amide bonds. The Balaban J connectivity index is 1.42. The van der Waals surface area contributed by atoms with Crippen LogP contribution in [0, 0.1) is 5.92 Å². The Kier molecular flexibility index (Phi) is 6.88. The molecule has 0 saturated carbocycles. The highest BCUT2D eigenvalue weighted by Gasteiger charge is 2.26. The molecule has 1 fully saturated rings. The van der Waals surface area contributed by atoms with Crippen LogP contribution in [0.25, 0.3) is 0 Å².